The van der Waals surface area contributed by atoms with Gasteiger partial charge in [-0.3, -0.25) is 48.9 Å². The number of benzene rings is 6. The summed E-state index contributed by atoms with van der Waals surface area (Å²) in [4.78, 5) is 76.1. The largest absolute Gasteiger partial charge is 0.698 e. The Kier molecular flexibility index (Phi) is 20.0. The minimum atomic E-state index is -3.73. The van der Waals surface area contributed by atoms with E-state index in [-0.39, 0.29) is 34.2 Å². The number of imidazole rings is 2. The van der Waals surface area contributed by atoms with Gasteiger partial charge in [0.1, 0.15) is 46.4 Å². The molecular weight excluding hydrogens is 1290 g/mol. The molecule has 0 aliphatic carbocycles. The maximum atomic E-state index is 18.4. The van der Waals surface area contributed by atoms with Crippen LogP contribution in [0.4, 0.5) is 20.7 Å². The molecule has 4 aromatic heterocycles. The lowest BCUT2D eigenvalue weighted by Crippen LogP contribution is -2.39. The fourth-order valence-corrected chi connectivity index (χ4v) is 12.9. The first kappa shape index (κ1) is 67.8. The summed E-state index contributed by atoms with van der Waals surface area (Å²) in [6, 6.07) is 46.9. The Balaban J connectivity index is 0.935. The fourth-order valence-electron chi connectivity index (χ4n) is 12.0. The Morgan fingerprint density at radius 3 is 1.11 bits per heavy atom. The van der Waals surface area contributed by atoms with E-state index in [1.165, 1.54) is 37.6 Å². The molecule has 8 atom stereocenters. The van der Waals surface area contributed by atoms with Gasteiger partial charge in [-0.25, -0.2) is 18.7 Å². The molecule has 0 saturated carbocycles. The Morgan fingerprint density at radius 1 is 0.510 bits per heavy atom. The van der Waals surface area contributed by atoms with Crippen LogP contribution >= 0.6 is 8.25 Å². The van der Waals surface area contributed by atoms with Gasteiger partial charge in [0, 0.05) is 16.4 Å². The average molecular weight is 1360 g/mol. The molecule has 12 rings (SSSR count). The van der Waals surface area contributed by atoms with Gasteiger partial charge in [-0.15, -0.1) is 9.05 Å². The minimum Gasteiger partial charge on any atom is -0.497 e. The molecule has 28 heteroatoms. The lowest BCUT2D eigenvalue weighted by molar-refractivity contribution is -0.119. The highest BCUT2D eigenvalue weighted by Gasteiger charge is 2.58. The third-order valence-electron chi connectivity index (χ3n) is 17.2. The van der Waals surface area contributed by atoms with Gasteiger partial charge in [0.25, 0.3) is 11.1 Å². The molecule has 2 aliphatic heterocycles. The molecule has 508 valence electrons. The number of aromatic nitrogens is 8. The third-order valence-corrected chi connectivity index (χ3v) is 18.0. The topological polar surface area (TPSA) is 295 Å². The number of carbonyl (C=O) groups is 2. The number of halogens is 2. The van der Waals surface area contributed by atoms with E-state index in [0.29, 0.717) is 56.4 Å². The highest BCUT2D eigenvalue weighted by molar-refractivity contribution is 7.33. The summed E-state index contributed by atoms with van der Waals surface area (Å²) in [5.74, 6) is -0.441. The van der Waals surface area contributed by atoms with E-state index in [1.807, 2.05) is 109 Å². The molecule has 10 aromatic rings. The van der Waals surface area contributed by atoms with E-state index in [1.54, 1.807) is 76.2 Å². The number of hydrogen-bond acceptors (Lipinski definition) is 19. The van der Waals surface area contributed by atoms with E-state index >= 15 is 13.3 Å². The van der Waals surface area contributed by atoms with Crippen molar-refractivity contribution in [2.24, 2.45) is 11.8 Å². The lowest BCUT2D eigenvalue weighted by Gasteiger charge is -2.37. The molecule has 6 heterocycles. The maximum Gasteiger partial charge on any atom is 0.698 e. The highest BCUT2D eigenvalue weighted by atomic mass is 31.1. The lowest BCUT2D eigenvalue weighted by atomic mass is 9.80. The smallest absolute Gasteiger partial charge is 0.497 e. The van der Waals surface area contributed by atoms with Crippen molar-refractivity contribution in [1.82, 2.24) is 39.0 Å². The number of rotatable bonds is 26. The zero-order valence-corrected chi connectivity index (χ0v) is 55.3. The number of methoxy groups -OCH3 is 4. The first-order chi connectivity index (χ1) is 47.4. The third kappa shape index (κ3) is 13.3. The van der Waals surface area contributed by atoms with Gasteiger partial charge < -0.3 is 37.9 Å². The molecule has 4 N–H and O–H groups in total. The molecule has 2 saturated heterocycles. The van der Waals surface area contributed by atoms with E-state index in [2.05, 4.69) is 40.5 Å². The van der Waals surface area contributed by atoms with Crippen LogP contribution in [0, 0.1) is 11.8 Å². The van der Waals surface area contributed by atoms with Crippen LogP contribution in [0.2, 0.25) is 0 Å². The molecule has 0 spiro atoms. The number of aromatic amines is 2. The van der Waals surface area contributed by atoms with Crippen LogP contribution in [0.3, 0.4) is 0 Å². The number of fused-ring (bicyclic) bond motifs is 2. The summed E-state index contributed by atoms with van der Waals surface area (Å²) >= 11 is 0. The predicted octanol–water partition coefficient (Wildman–Crippen LogP) is 10.4. The number of nitrogens with zero attached hydrogens (tertiary/aromatic N) is 6. The number of ether oxygens (including phenoxy) is 8. The van der Waals surface area contributed by atoms with Gasteiger partial charge in [0.2, 0.25) is 23.7 Å². The van der Waals surface area contributed by atoms with Crippen LogP contribution in [0.5, 0.6) is 23.0 Å². The molecule has 2 aliphatic rings. The summed E-state index contributed by atoms with van der Waals surface area (Å²) in [5, 5.41) is 5.15. The summed E-state index contributed by atoms with van der Waals surface area (Å²) in [5.41, 5.74) is -1.91. The van der Waals surface area contributed by atoms with Crippen molar-refractivity contribution in [3.63, 3.8) is 0 Å². The SMILES string of the molecule is COc1ccc(C(OC[C@H]2O[C@@H](n3cnc4c(=O)[nH]c(NC(=O)C(C)C)nc43)[C@@H](O[P+](=O)O[C@H]3[C@H](F)[C@@H](COC(c4ccccc4)(c4ccc(OC)cc4)c4ccc(OC)cc4)O[C@H]3n3cnc4c(=O)[nH]c(NC(=O)C(C)C)nc43)[C@@H]2F)(c2ccccc2)c2ccc(OC)cc2)cc1. The second kappa shape index (κ2) is 28.9. The molecule has 2 amide bonds. The zero-order chi connectivity index (χ0) is 69.0. The van der Waals surface area contributed by atoms with E-state index in [9.17, 15) is 19.2 Å². The van der Waals surface area contributed by atoms with Crippen LogP contribution in [-0.4, -0.2) is 129 Å². The number of alkyl halides is 2. The number of anilines is 2. The molecule has 25 nitrogen and oxygen atoms in total. The molecule has 98 heavy (non-hydrogen) atoms. The minimum absolute atomic E-state index is 0.211. The van der Waals surface area contributed by atoms with Crippen LogP contribution < -0.4 is 40.7 Å². The first-order valence-electron chi connectivity index (χ1n) is 31.3. The van der Waals surface area contributed by atoms with Gasteiger partial charge in [-0.05, 0) is 81.9 Å². The first-order valence-corrected chi connectivity index (χ1v) is 32.4. The monoisotopic (exact) mass is 1360 g/mol. The molecular formula is C70H70F2N10O15P+. The van der Waals surface area contributed by atoms with Gasteiger partial charge in [-0.1, -0.05) is 137 Å². The Hall–Kier alpha value is -10.1. The quantitative estimate of drug-likeness (QED) is 0.0289. The fraction of sp³-hybridized carbons (Fsp3) is 0.314. The standard InChI is InChI=1S/C70H69F2N10O15P/c1-39(2)61(83)77-67-75-59-55(63(85)79-67)73-37-81(59)65-57(53(71)51(94-65)35-92-69(41-15-11-9-12-16-41,43-19-27-47(88-5)28-20-43)44-21-29-48(89-6)30-22-44)96-98(87)97-58-54(72)52(95-66(58)82-38-74-56-60(82)76-68(80-64(56)86)78-62(84)40(3)4)36-93-70(42-17-13-10-14-18-42,45-23-31-49(90-7)32-24-45)46-25-33-50(91-8)34-26-46/h9-34,37-40,51-54,57-58,65-66H,35-36H2,1-8H3,(H3-,75,76,77,78,79,80,83,84,85,86)/p+1/t51-,52-,53-,54-,57+,58+,65-,66-/m1/s1. The summed E-state index contributed by atoms with van der Waals surface area (Å²) in [6.07, 6.45) is -12.9. The van der Waals surface area contributed by atoms with Gasteiger partial charge in [0.15, 0.2) is 59.3 Å². The second-order valence-corrected chi connectivity index (χ2v) is 24.6. The van der Waals surface area contributed by atoms with Crippen molar-refractivity contribution in [2.45, 2.75) is 88.1 Å². The van der Waals surface area contributed by atoms with Crippen molar-refractivity contribution in [2.75, 3.05) is 52.3 Å². The summed E-state index contributed by atoms with van der Waals surface area (Å²) < 4.78 is 116. The van der Waals surface area contributed by atoms with Crippen LogP contribution in [0.1, 0.15) is 73.5 Å². The van der Waals surface area contributed by atoms with E-state index < -0.39 is 117 Å². The maximum absolute atomic E-state index is 18.4. The zero-order valence-electron chi connectivity index (χ0n) is 54.4. The number of hydrogen-bond donors (Lipinski definition) is 4. The molecule has 6 aromatic carbocycles. The van der Waals surface area contributed by atoms with Crippen LogP contribution in [0.25, 0.3) is 22.3 Å². The van der Waals surface area contributed by atoms with Crippen molar-refractivity contribution in [3.05, 3.63) is 224 Å². The number of amides is 2. The van der Waals surface area contributed by atoms with Crippen molar-refractivity contribution < 1.29 is 69.9 Å². The van der Waals surface area contributed by atoms with Gasteiger partial charge in [0.05, 0.1) is 54.3 Å². The van der Waals surface area contributed by atoms with Crippen molar-refractivity contribution in [3.8, 4) is 23.0 Å². The van der Waals surface area contributed by atoms with Crippen LogP contribution in [-0.2, 0) is 53.4 Å². The van der Waals surface area contributed by atoms with Gasteiger partial charge in [-0.2, -0.15) is 9.97 Å². The van der Waals surface area contributed by atoms with Crippen LogP contribution in [0.15, 0.2) is 180 Å². The van der Waals surface area contributed by atoms with Crippen molar-refractivity contribution in [1.29, 1.82) is 0 Å². The van der Waals surface area contributed by atoms with E-state index in [0.717, 1.165) is 12.7 Å². The summed E-state index contributed by atoms with van der Waals surface area (Å²) in [6.45, 7) is 5.44. The molecule has 0 radical (unpaired) electrons. The van der Waals surface area contributed by atoms with E-state index in [4.69, 9.17) is 46.9 Å². The molecule has 0 unspecified atom stereocenters. The summed E-state index contributed by atoms with van der Waals surface area (Å²) in [7, 11) is 2.41. The number of nitrogens with one attached hydrogen (secondary N) is 4. The Morgan fingerprint density at radius 2 is 0.816 bits per heavy atom. The number of carbonyl (C=O) groups excluding carboxylic acids is 2. The Bertz CT molecular complexity index is 4200. The highest BCUT2D eigenvalue weighted by Crippen LogP contribution is 2.49. The second-order valence-electron chi connectivity index (χ2n) is 23.8. The molecule has 2 fully saturated rings. The molecule has 0 bridgehead atoms. The van der Waals surface area contributed by atoms with Gasteiger partial charge >= 0.3 is 8.25 Å². The van der Waals surface area contributed by atoms with Crippen molar-refractivity contribution >= 4 is 54.3 Å². The normalized spacial score (nSPS) is 19.5. The predicted molar refractivity (Wildman–Crippen MR) is 355 cm³/mol. The number of H-pyrrole nitrogens is 2. The average Bonchev–Trinajstić information content (AvgIpc) is 0.807. The Labute approximate surface area is 560 Å².